The Balaban J connectivity index is 2.68. The molecular formula is C16H34N4O. The maximum absolute atomic E-state index is 11.9. The van der Waals surface area contributed by atoms with E-state index < -0.39 is 5.54 Å². The van der Waals surface area contributed by atoms with E-state index in [1.54, 1.807) is 0 Å². The molecule has 0 aromatic carbocycles. The predicted molar refractivity (Wildman–Crippen MR) is 88.2 cm³/mol. The van der Waals surface area contributed by atoms with Gasteiger partial charge in [-0.1, -0.05) is 0 Å². The van der Waals surface area contributed by atoms with Gasteiger partial charge in [-0.25, -0.2) is 0 Å². The van der Waals surface area contributed by atoms with E-state index in [0.717, 1.165) is 19.5 Å². The summed E-state index contributed by atoms with van der Waals surface area (Å²) in [5.74, 6) is -0.260. The minimum atomic E-state index is -0.640. The smallest absolute Gasteiger partial charge is 0.237 e. The first-order valence-electron chi connectivity index (χ1n) is 8.14. The molecule has 0 aromatic rings. The third-order valence-corrected chi connectivity index (χ3v) is 4.64. The molecular weight excluding hydrogens is 264 g/mol. The lowest BCUT2D eigenvalue weighted by Gasteiger charge is -2.42. The van der Waals surface area contributed by atoms with Crippen molar-refractivity contribution in [2.75, 3.05) is 27.2 Å². The summed E-state index contributed by atoms with van der Waals surface area (Å²) in [7, 11) is 4.29. The number of carbonyl (C=O) groups excluding carboxylic acids is 1. The van der Waals surface area contributed by atoms with Gasteiger partial charge in [0.2, 0.25) is 5.91 Å². The summed E-state index contributed by atoms with van der Waals surface area (Å²) in [6, 6.07) is 1.20. The number of nitrogens with two attached hydrogens (primary N) is 1. The van der Waals surface area contributed by atoms with Gasteiger partial charge in [0.15, 0.2) is 0 Å². The lowest BCUT2D eigenvalue weighted by Crippen LogP contribution is -2.59. The molecule has 0 aromatic heterocycles. The van der Waals surface area contributed by atoms with Crippen molar-refractivity contribution in [1.29, 1.82) is 0 Å². The summed E-state index contributed by atoms with van der Waals surface area (Å²) >= 11 is 0. The zero-order valence-corrected chi connectivity index (χ0v) is 14.6. The number of likely N-dealkylation sites (N-methyl/N-ethyl adjacent to an activating group) is 1. The van der Waals surface area contributed by atoms with Crippen molar-refractivity contribution in [2.24, 2.45) is 5.73 Å². The zero-order valence-electron chi connectivity index (χ0n) is 14.6. The summed E-state index contributed by atoms with van der Waals surface area (Å²) in [4.78, 5) is 16.7. The molecule has 1 fully saturated rings. The third kappa shape index (κ3) is 5.24. The average molecular weight is 298 g/mol. The SMILES string of the molecule is CC(C)NC(C)(CC(C)N1CCCC(N(C)C)C1)C(N)=O. The molecule has 5 nitrogen and oxygen atoms in total. The van der Waals surface area contributed by atoms with E-state index in [2.05, 4.69) is 50.0 Å². The first-order chi connectivity index (χ1) is 9.65. The Hall–Kier alpha value is -0.650. The molecule has 1 rings (SSSR count). The van der Waals surface area contributed by atoms with Crippen LogP contribution in [0.5, 0.6) is 0 Å². The molecule has 3 unspecified atom stereocenters. The molecule has 1 heterocycles. The summed E-state index contributed by atoms with van der Waals surface area (Å²) in [5, 5.41) is 3.35. The lowest BCUT2D eigenvalue weighted by atomic mass is 9.90. The van der Waals surface area contributed by atoms with E-state index in [1.807, 2.05) is 6.92 Å². The van der Waals surface area contributed by atoms with Crippen molar-refractivity contribution in [3.8, 4) is 0 Å². The molecule has 3 N–H and O–H groups in total. The number of nitrogens with one attached hydrogen (secondary N) is 1. The molecule has 1 aliphatic rings. The Morgan fingerprint density at radius 2 is 2.05 bits per heavy atom. The normalized spacial score (nSPS) is 25.0. The topological polar surface area (TPSA) is 61.6 Å². The van der Waals surface area contributed by atoms with Crippen molar-refractivity contribution in [1.82, 2.24) is 15.1 Å². The summed E-state index contributed by atoms with van der Waals surface area (Å²) in [6.07, 6.45) is 3.23. The van der Waals surface area contributed by atoms with E-state index in [4.69, 9.17) is 5.73 Å². The standard InChI is InChI=1S/C16H34N4O/c1-12(2)18-16(4,15(17)21)10-13(3)20-9-7-8-14(11-20)19(5)6/h12-14,18H,7-11H2,1-6H3,(H2,17,21). The van der Waals surface area contributed by atoms with Crippen molar-refractivity contribution in [2.45, 2.75) is 70.6 Å². The Bertz CT molecular complexity index is 345. The minimum Gasteiger partial charge on any atom is -0.368 e. The Labute approximate surface area is 130 Å². The van der Waals surface area contributed by atoms with Crippen LogP contribution in [0.15, 0.2) is 0 Å². The number of hydrogen-bond donors (Lipinski definition) is 2. The first-order valence-corrected chi connectivity index (χ1v) is 8.14. The lowest BCUT2D eigenvalue weighted by molar-refractivity contribution is -0.125. The number of carbonyl (C=O) groups is 1. The molecule has 3 atom stereocenters. The number of piperidine rings is 1. The first kappa shape index (κ1) is 18.4. The van der Waals surface area contributed by atoms with Crippen LogP contribution in [0.3, 0.4) is 0 Å². The van der Waals surface area contributed by atoms with Gasteiger partial charge in [0.1, 0.15) is 0 Å². The third-order valence-electron chi connectivity index (χ3n) is 4.64. The maximum atomic E-state index is 11.9. The van der Waals surface area contributed by atoms with Crippen LogP contribution in [0.4, 0.5) is 0 Å². The van der Waals surface area contributed by atoms with E-state index >= 15 is 0 Å². The zero-order chi connectivity index (χ0) is 16.2. The highest BCUT2D eigenvalue weighted by Crippen LogP contribution is 2.22. The monoisotopic (exact) mass is 298 g/mol. The number of rotatable bonds is 7. The van der Waals surface area contributed by atoms with Crippen LogP contribution in [0, 0.1) is 0 Å². The van der Waals surface area contributed by atoms with Gasteiger partial charge in [0.25, 0.3) is 0 Å². The Kier molecular flexibility index (Phi) is 6.63. The number of nitrogens with zero attached hydrogens (tertiary/aromatic N) is 2. The molecule has 21 heavy (non-hydrogen) atoms. The highest BCUT2D eigenvalue weighted by atomic mass is 16.1. The van der Waals surface area contributed by atoms with Crippen LogP contribution in [0.2, 0.25) is 0 Å². The van der Waals surface area contributed by atoms with Crippen LogP contribution >= 0.6 is 0 Å². The van der Waals surface area contributed by atoms with Crippen molar-refractivity contribution >= 4 is 5.91 Å². The highest BCUT2D eigenvalue weighted by molar-refractivity contribution is 5.84. The molecule has 124 valence electrons. The number of hydrogen-bond acceptors (Lipinski definition) is 4. The van der Waals surface area contributed by atoms with Crippen LogP contribution in [0.1, 0.15) is 47.0 Å². The van der Waals surface area contributed by atoms with Crippen LogP contribution < -0.4 is 11.1 Å². The number of amides is 1. The van der Waals surface area contributed by atoms with Gasteiger partial charge in [-0.3, -0.25) is 9.69 Å². The molecule has 0 spiro atoms. The molecule has 1 amide bonds. The number of likely N-dealkylation sites (tertiary alicyclic amines) is 1. The molecule has 1 saturated heterocycles. The Morgan fingerprint density at radius 3 is 2.52 bits per heavy atom. The second-order valence-electron chi connectivity index (χ2n) is 7.30. The predicted octanol–water partition coefficient (Wildman–Crippen LogP) is 1.03. The van der Waals surface area contributed by atoms with Crippen molar-refractivity contribution in [3.05, 3.63) is 0 Å². The van der Waals surface area contributed by atoms with Gasteiger partial charge in [-0.2, -0.15) is 0 Å². The van der Waals surface area contributed by atoms with E-state index in [-0.39, 0.29) is 11.9 Å². The van der Waals surface area contributed by atoms with Gasteiger partial charge in [-0.15, -0.1) is 0 Å². The number of primary amides is 1. The van der Waals surface area contributed by atoms with Gasteiger partial charge in [0, 0.05) is 24.7 Å². The van der Waals surface area contributed by atoms with Crippen LogP contribution in [-0.2, 0) is 4.79 Å². The molecule has 0 radical (unpaired) electrons. The molecule has 0 aliphatic carbocycles. The fourth-order valence-electron chi connectivity index (χ4n) is 3.39. The summed E-state index contributed by atoms with van der Waals surface area (Å²) < 4.78 is 0. The Morgan fingerprint density at radius 1 is 1.43 bits per heavy atom. The largest absolute Gasteiger partial charge is 0.368 e. The molecule has 1 aliphatic heterocycles. The molecule has 0 bridgehead atoms. The quantitative estimate of drug-likeness (QED) is 0.737. The highest BCUT2D eigenvalue weighted by Gasteiger charge is 2.35. The second-order valence-corrected chi connectivity index (χ2v) is 7.30. The van der Waals surface area contributed by atoms with E-state index in [9.17, 15) is 4.79 Å². The van der Waals surface area contributed by atoms with Crippen LogP contribution in [-0.4, -0.2) is 66.6 Å². The fraction of sp³-hybridized carbons (Fsp3) is 0.938. The molecule has 0 saturated carbocycles. The second kappa shape index (κ2) is 7.56. The van der Waals surface area contributed by atoms with Gasteiger partial charge in [-0.05, 0) is 67.6 Å². The van der Waals surface area contributed by atoms with Gasteiger partial charge < -0.3 is 16.0 Å². The average Bonchev–Trinajstić information content (AvgIpc) is 2.37. The minimum absolute atomic E-state index is 0.241. The van der Waals surface area contributed by atoms with Gasteiger partial charge in [0.05, 0.1) is 5.54 Å². The van der Waals surface area contributed by atoms with Crippen molar-refractivity contribution < 1.29 is 4.79 Å². The molecule has 5 heteroatoms. The van der Waals surface area contributed by atoms with Gasteiger partial charge >= 0.3 is 0 Å². The fourth-order valence-corrected chi connectivity index (χ4v) is 3.39. The van der Waals surface area contributed by atoms with E-state index in [1.165, 1.54) is 12.8 Å². The van der Waals surface area contributed by atoms with Crippen LogP contribution in [0.25, 0.3) is 0 Å². The van der Waals surface area contributed by atoms with E-state index in [0.29, 0.717) is 12.1 Å². The van der Waals surface area contributed by atoms with Crippen molar-refractivity contribution in [3.63, 3.8) is 0 Å². The summed E-state index contributed by atoms with van der Waals surface area (Å²) in [5.41, 5.74) is 5.00. The maximum Gasteiger partial charge on any atom is 0.237 e. The summed E-state index contributed by atoms with van der Waals surface area (Å²) in [6.45, 7) is 10.4.